The first kappa shape index (κ1) is 14.2. The molecule has 1 aromatic carbocycles. The van der Waals surface area contributed by atoms with Gasteiger partial charge in [-0.2, -0.15) is 0 Å². The Balaban J connectivity index is 2.28. The standard InChI is InChI=1S/C14H22O3/c1-4-14(15-2,16-3)10-11-17-12-13-8-6-5-7-9-13/h5-9H,4,10-12H2,1-3H3. The van der Waals surface area contributed by atoms with Crippen LogP contribution in [0.5, 0.6) is 0 Å². The van der Waals surface area contributed by atoms with Gasteiger partial charge in [-0.05, 0) is 12.0 Å². The van der Waals surface area contributed by atoms with Gasteiger partial charge in [-0.25, -0.2) is 0 Å². The molecule has 0 unspecified atom stereocenters. The van der Waals surface area contributed by atoms with E-state index in [1.807, 2.05) is 25.1 Å². The predicted molar refractivity (Wildman–Crippen MR) is 67.8 cm³/mol. The lowest BCUT2D eigenvalue weighted by atomic mass is 10.1. The van der Waals surface area contributed by atoms with Crippen LogP contribution in [-0.4, -0.2) is 26.6 Å². The highest BCUT2D eigenvalue weighted by Crippen LogP contribution is 2.20. The Morgan fingerprint density at radius 2 is 1.71 bits per heavy atom. The molecule has 0 aromatic heterocycles. The fourth-order valence-corrected chi connectivity index (χ4v) is 1.74. The number of benzene rings is 1. The first-order valence-electron chi connectivity index (χ1n) is 5.98. The predicted octanol–water partition coefficient (Wildman–Crippen LogP) is 2.99. The summed E-state index contributed by atoms with van der Waals surface area (Å²) >= 11 is 0. The molecule has 3 heteroatoms. The van der Waals surface area contributed by atoms with E-state index in [1.54, 1.807) is 14.2 Å². The quantitative estimate of drug-likeness (QED) is 0.514. The fourth-order valence-electron chi connectivity index (χ4n) is 1.74. The van der Waals surface area contributed by atoms with Gasteiger partial charge in [0.1, 0.15) is 0 Å². The van der Waals surface area contributed by atoms with Gasteiger partial charge in [-0.1, -0.05) is 37.3 Å². The normalized spacial score (nSPS) is 11.7. The van der Waals surface area contributed by atoms with Crippen molar-refractivity contribution >= 4 is 0 Å². The summed E-state index contributed by atoms with van der Waals surface area (Å²) in [5.74, 6) is -0.503. The third-order valence-corrected chi connectivity index (χ3v) is 3.02. The third-order valence-electron chi connectivity index (χ3n) is 3.02. The largest absolute Gasteiger partial charge is 0.377 e. The highest BCUT2D eigenvalue weighted by atomic mass is 16.7. The molecule has 96 valence electrons. The van der Waals surface area contributed by atoms with Crippen LogP contribution in [0.15, 0.2) is 30.3 Å². The van der Waals surface area contributed by atoms with E-state index in [4.69, 9.17) is 14.2 Å². The van der Waals surface area contributed by atoms with Gasteiger partial charge in [-0.3, -0.25) is 0 Å². The summed E-state index contributed by atoms with van der Waals surface area (Å²) in [6, 6.07) is 10.1. The number of hydrogen-bond acceptors (Lipinski definition) is 3. The SMILES string of the molecule is CCC(CCOCc1ccccc1)(OC)OC. The minimum atomic E-state index is -0.503. The van der Waals surface area contributed by atoms with E-state index < -0.39 is 5.79 Å². The second-order valence-electron chi connectivity index (χ2n) is 3.96. The molecule has 1 aromatic rings. The van der Waals surface area contributed by atoms with Gasteiger partial charge >= 0.3 is 0 Å². The van der Waals surface area contributed by atoms with E-state index in [1.165, 1.54) is 5.56 Å². The van der Waals surface area contributed by atoms with Crippen molar-refractivity contribution in [1.82, 2.24) is 0 Å². The van der Waals surface area contributed by atoms with Crippen molar-refractivity contribution in [3.63, 3.8) is 0 Å². The second kappa shape index (κ2) is 7.43. The van der Waals surface area contributed by atoms with Crippen molar-refractivity contribution in [2.45, 2.75) is 32.2 Å². The van der Waals surface area contributed by atoms with Crippen molar-refractivity contribution in [1.29, 1.82) is 0 Å². The number of methoxy groups -OCH3 is 2. The minimum absolute atomic E-state index is 0.503. The summed E-state index contributed by atoms with van der Waals surface area (Å²) in [5.41, 5.74) is 1.18. The molecule has 0 heterocycles. The van der Waals surface area contributed by atoms with Gasteiger partial charge in [0.25, 0.3) is 0 Å². The third kappa shape index (κ3) is 4.46. The van der Waals surface area contributed by atoms with Gasteiger partial charge in [-0.15, -0.1) is 0 Å². The molecule has 0 fully saturated rings. The van der Waals surface area contributed by atoms with Crippen molar-refractivity contribution < 1.29 is 14.2 Å². The zero-order valence-electron chi connectivity index (χ0n) is 10.9. The summed E-state index contributed by atoms with van der Waals surface area (Å²) < 4.78 is 16.4. The lowest BCUT2D eigenvalue weighted by Gasteiger charge is -2.29. The second-order valence-corrected chi connectivity index (χ2v) is 3.96. The highest BCUT2D eigenvalue weighted by molar-refractivity contribution is 5.13. The Morgan fingerprint density at radius 1 is 1.06 bits per heavy atom. The minimum Gasteiger partial charge on any atom is -0.377 e. The van der Waals surface area contributed by atoms with Crippen molar-refractivity contribution in [2.75, 3.05) is 20.8 Å². The van der Waals surface area contributed by atoms with Crippen molar-refractivity contribution in [3.05, 3.63) is 35.9 Å². The van der Waals surface area contributed by atoms with Crippen LogP contribution in [-0.2, 0) is 20.8 Å². The number of ether oxygens (including phenoxy) is 3. The van der Waals surface area contributed by atoms with Crippen LogP contribution in [0.25, 0.3) is 0 Å². The summed E-state index contributed by atoms with van der Waals surface area (Å²) in [7, 11) is 3.34. The summed E-state index contributed by atoms with van der Waals surface area (Å²) in [5, 5.41) is 0. The average molecular weight is 238 g/mol. The van der Waals surface area contributed by atoms with Crippen LogP contribution in [0.4, 0.5) is 0 Å². The van der Waals surface area contributed by atoms with E-state index in [0.29, 0.717) is 13.2 Å². The molecule has 0 radical (unpaired) electrons. The van der Waals surface area contributed by atoms with Crippen molar-refractivity contribution in [2.24, 2.45) is 0 Å². The molecule has 17 heavy (non-hydrogen) atoms. The molecule has 0 aliphatic rings. The van der Waals surface area contributed by atoms with Crippen molar-refractivity contribution in [3.8, 4) is 0 Å². The molecule has 0 aliphatic carbocycles. The van der Waals surface area contributed by atoms with Gasteiger partial charge in [0, 0.05) is 20.6 Å². The maximum atomic E-state index is 5.62. The lowest BCUT2D eigenvalue weighted by molar-refractivity contribution is -0.218. The maximum absolute atomic E-state index is 5.62. The van der Waals surface area contributed by atoms with Crippen LogP contribution >= 0.6 is 0 Å². The van der Waals surface area contributed by atoms with Crippen LogP contribution in [0.2, 0.25) is 0 Å². The first-order chi connectivity index (χ1) is 8.26. The van der Waals surface area contributed by atoms with E-state index in [9.17, 15) is 0 Å². The van der Waals surface area contributed by atoms with Crippen LogP contribution in [0.3, 0.4) is 0 Å². The first-order valence-corrected chi connectivity index (χ1v) is 5.98. The highest BCUT2D eigenvalue weighted by Gasteiger charge is 2.26. The van der Waals surface area contributed by atoms with E-state index >= 15 is 0 Å². The maximum Gasteiger partial charge on any atom is 0.169 e. The number of rotatable bonds is 8. The molecule has 0 saturated heterocycles. The van der Waals surface area contributed by atoms with Gasteiger partial charge < -0.3 is 14.2 Å². The van der Waals surface area contributed by atoms with Gasteiger partial charge in [0.15, 0.2) is 5.79 Å². The molecular formula is C14H22O3. The van der Waals surface area contributed by atoms with E-state index in [-0.39, 0.29) is 0 Å². The summed E-state index contributed by atoms with van der Waals surface area (Å²) in [6.07, 6.45) is 1.55. The zero-order chi connectivity index (χ0) is 12.6. The fraction of sp³-hybridized carbons (Fsp3) is 0.571. The van der Waals surface area contributed by atoms with Crippen LogP contribution in [0.1, 0.15) is 25.3 Å². The Kier molecular flexibility index (Phi) is 6.19. The van der Waals surface area contributed by atoms with Crippen LogP contribution in [0, 0.1) is 0 Å². The molecule has 0 atom stereocenters. The molecule has 0 spiro atoms. The molecule has 3 nitrogen and oxygen atoms in total. The van der Waals surface area contributed by atoms with E-state index in [0.717, 1.165) is 12.8 Å². The van der Waals surface area contributed by atoms with Crippen LogP contribution < -0.4 is 0 Å². The molecule has 0 N–H and O–H groups in total. The smallest absolute Gasteiger partial charge is 0.169 e. The summed E-state index contributed by atoms with van der Waals surface area (Å²) in [4.78, 5) is 0. The summed E-state index contributed by atoms with van der Waals surface area (Å²) in [6.45, 7) is 3.31. The average Bonchev–Trinajstić information content (AvgIpc) is 2.41. The Morgan fingerprint density at radius 3 is 2.24 bits per heavy atom. The molecule has 1 rings (SSSR count). The molecule has 0 bridgehead atoms. The Bertz CT molecular complexity index is 285. The molecule has 0 saturated carbocycles. The van der Waals surface area contributed by atoms with Gasteiger partial charge in [0.05, 0.1) is 13.2 Å². The monoisotopic (exact) mass is 238 g/mol. The molecule has 0 aliphatic heterocycles. The molecule has 0 amide bonds. The Hall–Kier alpha value is -0.900. The van der Waals surface area contributed by atoms with Gasteiger partial charge in [0.2, 0.25) is 0 Å². The Labute approximate surface area is 104 Å². The molecular weight excluding hydrogens is 216 g/mol. The van der Waals surface area contributed by atoms with E-state index in [2.05, 4.69) is 12.1 Å². The topological polar surface area (TPSA) is 27.7 Å². The zero-order valence-corrected chi connectivity index (χ0v) is 10.9. The number of hydrogen-bond donors (Lipinski definition) is 0. The lowest BCUT2D eigenvalue weighted by Crippen LogP contribution is -2.34.